The average Bonchev–Trinajstić information content (AvgIpc) is 2.90. The number of esters is 2. The first-order valence-electron chi connectivity index (χ1n) is 11.2. The third kappa shape index (κ3) is 8.02. The quantitative estimate of drug-likeness (QED) is 0.319. The third-order valence-corrected chi connectivity index (χ3v) is 5.13. The number of hydrogen-bond donors (Lipinski definition) is 1. The van der Waals surface area contributed by atoms with Crippen molar-refractivity contribution >= 4 is 35.1 Å². The zero-order valence-corrected chi connectivity index (χ0v) is 19.7. The molecule has 0 radical (unpaired) electrons. The molecule has 0 aliphatic rings. The Morgan fingerprint density at radius 3 is 1.83 bits per heavy atom. The van der Waals surface area contributed by atoms with Crippen molar-refractivity contribution in [2.75, 3.05) is 18.5 Å². The number of carbonyl (C=O) groups excluding carboxylic acids is 5. The Morgan fingerprint density at radius 1 is 0.639 bits per heavy atom. The van der Waals surface area contributed by atoms with Crippen LogP contribution in [0.4, 0.5) is 5.69 Å². The fraction of sp³-hybridized carbons (Fsp3) is 0.179. The van der Waals surface area contributed by atoms with Crippen molar-refractivity contribution in [1.82, 2.24) is 0 Å². The van der Waals surface area contributed by atoms with Crippen LogP contribution in [0.25, 0.3) is 0 Å². The highest BCUT2D eigenvalue weighted by Crippen LogP contribution is 2.12. The van der Waals surface area contributed by atoms with E-state index in [-0.39, 0.29) is 36.6 Å². The lowest BCUT2D eigenvalue weighted by molar-refractivity contribution is -0.143. The van der Waals surface area contributed by atoms with Crippen molar-refractivity contribution in [3.05, 3.63) is 101 Å². The Bertz CT molecular complexity index is 1230. The van der Waals surface area contributed by atoms with E-state index >= 15 is 0 Å². The maximum atomic E-state index is 12.2. The van der Waals surface area contributed by atoms with Crippen LogP contribution in [0.2, 0.25) is 0 Å². The zero-order chi connectivity index (χ0) is 25.9. The molecule has 0 spiro atoms. The average molecular weight is 488 g/mol. The minimum absolute atomic E-state index is 0.136. The maximum absolute atomic E-state index is 12.2. The number of nitrogens with one attached hydrogen (secondary N) is 1. The predicted octanol–water partition coefficient (Wildman–Crippen LogP) is 4.18. The lowest BCUT2D eigenvalue weighted by atomic mass is 10.1. The topological polar surface area (TPSA) is 116 Å². The van der Waals surface area contributed by atoms with Gasteiger partial charge in [-0.15, -0.1) is 0 Å². The van der Waals surface area contributed by atoms with Crippen LogP contribution >= 0.6 is 0 Å². The Labute approximate surface area is 208 Å². The van der Waals surface area contributed by atoms with Crippen LogP contribution in [0, 0.1) is 6.92 Å². The van der Waals surface area contributed by atoms with Gasteiger partial charge in [-0.05, 0) is 31.2 Å². The van der Waals surface area contributed by atoms with E-state index in [0.29, 0.717) is 16.8 Å². The number of amides is 1. The van der Waals surface area contributed by atoms with Crippen molar-refractivity contribution < 1.29 is 33.4 Å². The number of ketones is 2. The van der Waals surface area contributed by atoms with E-state index in [1.807, 2.05) is 6.92 Å². The predicted molar refractivity (Wildman–Crippen MR) is 132 cm³/mol. The lowest BCUT2D eigenvalue weighted by Crippen LogP contribution is -2.17. The van der Waals surface area contributed by atoms with E-state index in [4.69, 9.17) is 9.47 Å². The Kier molecular flexibility index (Phi) is 9.22. The molecule has 0 aliphatic carbocycles. The zero-order valence-electron chi connectivity index (χ0n) is 19.7. The van der Waals surface area contributed by atoms with Crippen LogP contribution < -0.4 is 5.32 Å². The molecule has 3 rings (SSSR count). The molecule has 3 aromatic rings. The molecule has 0 saturated heterocycles. The van der Waals surface area contributed by atoms with Gasteiger partial charge in [0.15, 0.2) is 24.8 Å². The molecule has 36 heavy (non-hydrogen) atoms. The minimum Gasteiger partial charge on any atom is -0.457 e. The highest BCUT2D eigenvalue weighted by atomic mass is 16.5. The fourth-order valence-corrected chi connectivity index (χ4v) is 3.09. The maximum Gasteiger partial charge on any atom is 0.338 e. The van der Waals surface area contributed by atoms with Crippen LogP contribution in [-0.4, -0.2) is 42.6 Å². The molecular weight excluding hydrogens is 462 g/mol. The molecule has 8 heteroatoms. The van der Waals surface area contributed by atoms with Crippen molar-refractivity contribution in [2.45, 2.75) is 19.8 Å². The number of rotatable bonds is 11. The van der Waals surface area contributed by atoms with Gasteiger partial charge in [-0.2, -0.15) is 0 Å². The summed E-state index contributed by atoms with van der Waals surface area (Å²) in [6, 6.07) is 21.3. The second-order valence-electron chi connectivity index (χ2n) is 7.94. The van der Waals surface area contributed by atoms with E-state index in [0.717, 1.165) is 5.56 Å². The second-order valence-corrected chi connectivity index (χ2v) is 7.94. The van der Waals surface area contributed by atoms with Crippen LogP contribution in [0.15, 0.2) is 78.9 Å². The first kappa shape index (κ1) is 26.0. The lowest BCUT2D eigenvalue weighted by Gasteiger charge is -2.08. The summed E-state index contributed by atoms with van der Waals surface area (Å²) in [5, 5.41) is 2.61. The molecule has 0 unspecified atom stereocenters. The van der Waals surface area contributed by atoms with Gasteiger partial charge in [0.1, 0.15) is 0 Å². The fourth-order valence-electron chi connectivity index (χ4n) is 3.09. The van der Waals surface area contributed by atoms with E-state index in [9.17, 15) is 24.0 Å². The monoisotopic (exact) mass is 487 g/mol. The summed E-state index contributed by atoms with van der Waals surface area (Å²) in [4.78, 5) is 60.3. The molecule has 0 aromatic heterocycles. The Hall–Kier alpha value is -4.59. The van der Waals surface area contributed by atoms with Gasteiger partial charge < -0.3 is 14.8 Å². The minimum atomic E-state index is -0.666. The summed E-state index contributed by atoms with van der Waals surface area (Å²) in [6.07, 6.45) is -0.323. The Balaban J connectivity index is 1.38. The molecule has 1 N–H and O–H groups in total. The van der Waals surface area contributed by atoms with Crippen LogP contribution in [0.5, 0.6) is 0 Å². The van der Waals surface area contributed by atoms with Gasteiger partial charge in [0, 0.05) is 23.2 Å². The molecule has 0 bridgehead atoms. The molecule has 0 aliphatic heterocycles. The molecular formula is C28H25NO7. The summed E-state index contributed by atoms with van der Waals surface area (Å²) >= 11 is 0. The summed E-state index contributed by atoms with van der Waals surface area (Å²) in [5.74, 6) is -2.39. The second kappa shape index (κ2) is 12.8. The first-order valence-corrected chi connectivity index (χ1v) is 11.2. The van der Waals surface area contributed by atoms with Gasteiger partial charge in [0.25, 0.3) is 0 Å². The van der Waals surface area contributed by atoms with Crippen molar-refractivity contribution in [1.29, 1.82) is 0 Å². The van der Waals surface area contributed by atoms with Gasteiger partial charge in [-0.1, -0.05) is 60.2 Å². The molecule has 8 nitrogen and oxygen atoms in total. The Morgan fingerprint density at radius 2 is 1.19 bits per heavy atom. The first-order chi connectivity index (χ1) is 17.3. The summed E-state index contributed by atoms with van der Waals surface area (Å²) in [7, 11) is 0. The van der Waals surface area contributed by atoms with Crippen LogP contribution in [0.1, 0.15) is 49.5 Å². The van der Waals surface area contributed by atoms with Gasteiger partial charge in [0.2, 0.25) is 5.91 Å². The van der Waals surface area contributed by atoms with E-state index in [1.54, 1.807) is 54.6 Å². The van der Waals surface area contributed by atoms with Crippen molar-refractivity contribution in [3.8, 4) is 0 Å². The third-order valence-electron chi connectivity index (χ3n) is 5.13. The summed E-state index contributed by atoms with van der Waals surface area (Å²) in [5.41, 5.74) is 2.55. The van der Waals surface area contributed by atoms with Gasteiger partial charge in [-0.25, -0.2) is 4.79 Å². The largest absolute Gasteiger partial charge is 0.457 e. The van der Waals surface area contributed by atoms with Crippen molar-refractivity contribution in [3.63, 3.8) is 0 Å². The number of ether oxygens (including phenoxy) is 2. The van der Waals surface area contributed by atoms with Crippen LogP contribution in [-0.2, 0) is 19.1 Å². The van der Waals surface area contributed by atoms with Gasteiger partial charge in [0.05, 0.1) is 12.0 Å². The molecule has 3 aromatic carbocycles. The molecule has 0 fully saturated rings. The highest BCUT2D eigenvalue weighted by molar-refractivity contribution is 6.00. The van der Waals surface area contributed by atoms with E-state index < -0.39 is 24.5 Å². The number of aryl methyl sites for hydroxylation is 1. The van der Waals surface area contributed by atoms with Crippen LogP contribution in [0.3, 0.4) is 0 Å². The van der Waals surface area contributed by atoms with E-state index in [2.05, 4.69) is 5.32 Å². The highest BCUT2D eigenvalue weighted by Gasteiger charge is 2.14. The molecule has 0 saturated carbocycles. The number of hydrogen-bond acceptors (Lipinski definition) is 7. The van der Waals surface area contributed by atoms with Gasteiger partial charge in [-0.3, -0.25) is 19.2 Å². The standard InChI is InChI=1S/C28H25NO7/c1-19-7-9-21(10-8-19)25(31)18-36-28(34)22-11-13-23(14-12-22)29-26(32)15-16-27(33)35-17-24(30)20-5-3-2-4-6-20/h2-14H,15-18H2,1H3,(H,29,32). The molecule has 184 valence electrons. The number of benzene rings is 3. The molecule has 0 heterocycles. The number of carbonyl (C=O) groups is 5. The van der Waals surface area contributed by atoms with Crippen molar-refractivity contribution in [2.24, 2.45) is 0 Å². The normalized spacial score (nSPS) is 10.2. The number of Topliss-reactive ketones (excluding diaryl/α,β-unsaturated/α-hetero) is 2. The smallest absolute Gasteiger partial charge is 0.338 e. The van der Waals surface area contributed by atoms with E-state index in [1.165, 1.54) is 24.3 Å². The summed E-state index contributed by atoms with van der Waals surface area (Å²) in [6.45, 7) is 1.14. The molecule has 0 atom stereocenters. The SMILES string of the molecule is Cc1ccc(C(=O)COC(=O)c2ccc(NC(=O)CCC(=O)OCC(=O)c3ccccc3)cc2)cc1. The van der Waals surface area contributed by atoms with Gasteiger partial charge >= 0.3 is 11.9 Å². The number of anilines is 1. The summed E-state index contributed by atoms with van der Waals surface area (Å²) < 4.78 is 10.0. The molecule has 1 amide bonds.